The number of nitrogens with zero attached hydrogens (tertiary/aromatic N) is 3. The molecule has 6 rings (SSSR count). The van der Waals surface area contributed by atoms with E-state index in [0.717, 1.165) is 17.5 Å². The van der Waals surface area contributed by atoms with Crippen LogP contribution in [0.15, 0.2) is 85.0 Å². The van der Waals surface area contributed by atoms with Crippen LogP contribution in [0.5, 0.6) is 0 Å². The molecule has 7 nitrogen and oxygen atoms in total. The Kier molecular flexibility index (Phi) is 7.79. The van der Waals surface area contributed by atoms with Crippen LogP contribution in [0, 0.1) is 11.8 Å². The fourth-order valence-electron chi connectivity index (χ4n) is 7.12. The molecule has 1 spiro atoms. The SMILES string of the molecule is CCCN1CC=C[C@@H]2S[C@]34C=CCN(Cc5ccccc5)C(=O)C3N([C@@H](CO)Cc3ccccc3)C(=O)[C@@H]4[C@@H]2C1=O. The zero-order chi connectivity index (χ0) is 28.6. The number of thioether (sulfide) groups is 1. The molecule has 6 atom stereocenters. The van der Waals surface area contributed by atoms with Gasteiger partial charge in [-0.05, 0) is 24.0 Å². The van der Waals surface area contributed by atoms with Gasteiger partial charge in [0.1, 0.15) is 6.04 Å². The Bertz CT molecular complexity index is 1350. The summed E-state index contributed by atoms with van der Waals surface area (Å²) in [5.74, 6) is -1.59. The lowest BCUT2D eigenvalue weighted by Crippen LogP contribution is -2.56. The van der Waals surface area contributed by atoms with Crippen molar-refractivity contribution in [1.29, 1.82) is 0 Å². The van der Waals surface area contributed by atoms with Gasteiger partial charge < -0.3 is 19.8 Å². The maximum atomic E-state index is 14.6. The average molecular weight is 572 g/mol. The second kappa shape index (κ2) is 11.5. The molecule has 8 heteroatoms. The molecule has 2 aromatic carbocycles. The minimum absolute atomic E-state index is 0.0139. The third-order valence-corrected chi connectivity index (χ3v) is 10.6. The summed E-state index contributed by atoms with van der Waals surface area (Å²) in [6, 6.07) is 18.2. The first-order valence-electron chi connectivity index (χ1n) is 14.6. The molecule has 3 amide bonds. The van der Waals surface area contributed by atoms with E-state index in [1.165, 1.54) is 0 Å². The van der Waals surface area contributed by atoms with Crippen LogP contribution in [-0.2, 0) is 27.3 Å². The van der Waals surface area contributed by atoms with Crippen LogP contribution in [0.3, 0.4) is 0 Å². The normalized spacial score (nSPS) is 29.7. The summed E-state index contributed by atoms with van der Waals surface area (Å²) >= 11 is 1.59. The Morgan fingerprint density at radius 1 is 0.902 bits per heavy atom. The lowest BCUT2D eigenvalue weighted by Gasteiger charge is -2.38. The van der Waals surface area contributed by atoms with Crippen LogP contribution < -0.4 is 0 Å². The summed E-state index contributed by atoms with van der Waals surface area (Å²) in [7, 11) is 0. The number of aliphatic hydroxyl groups excluding tert-OH is 1. The summed E-state index contributed by atoms with van der Waals surface area (Å²) in [6.45, 7) is 3.78. The van der Waals surface area contributed by atoms with Gasteiger partial charge in [0.15, 0.2) is 0 Å². The Morgan fingerprint density at radius 2 is 1.59 bits per heavy atom. The lowest BCUT2D eigenvalue weighted by molar-refractivity contribution is -0.147. The van der Waals surface area contributed by atoms with E-state index in [9.17, 15) is 19.5 Å². The van der Waals surface area contributed by atoms with Crippen molar-refractivity contribution in [3.8, 4) is 0 Å². The van der Waals surface area contributed by atoms with E-state index < -0.39 is 28.7 Å². The van der Waals surface area contributed by atoms with E-state index in [1.54, 1.807) is 21.6 Å². The summed E-state index contributed by atoms with van der Waals surface area (Å²) in [6.07, 6.45) is 9.42. The zero-order valence-corrected chi connectivity index (χ0v) is 24.2. The molecule has 0 aromatic heterocycles. The highest BCUT2D eigenvalue weighted by Crippen LogP contribution is 2.61. The molecule has 1 unspecified atom stereocenters. The average Bonchev–Trinajstić information content (AvgIpc) is 3.32. The monoisotopic (exact) mass is 571 g/mol. The quantitative estimate of drug-likeness (QED) is 0.492. The van der Waals surface area contributed by atoms with E-state index in [4.69, 9.17) is 0 Å². The molecule has 1 N–H and O–H groups in total. The van der Waals surface area contributed by atoms with Crippen LogP contribution >= 0.6 is 11.8 Å². The van der Waals surface area contributed by atoms with Crippen molar-refractivity contribution in [2.45, 2.75) is 48.4 Å². The Balaban J connectivity index is 1.43. The highest BCUT2D eigenvalue weighted by Gasteiger charge is 2.71. The Morgan fingerprint density at radius 3 is 2.27 bits per heavy atom. The predicted molar refractivity (Wildman–Crippen MR) is 160 cm³/mol. The number of hydrogen-bond acceptors (Lipinski definition) is 5. The van der Waals surface area contributed by atoms with Crippen LogP contribution in [-0.4, -0.2) is 85.8 Å². The summed E-state index contributed by atoms with van der Waals surface area (Å²) < 4.78 is -0.895. The van der Waals surface area contributed by atoms with Crippen molar-refractivity contribution in [2.24, 2.45) is 11.8 Å². The fraction of sp³-hybridized carbons (Fsp3) is 0.424. The van der Waals surface area contributed by atoms with E-state index in [1.807, 2.05) is 90.7 Å². The third kappa shape index (κ3) is 4.81. The number of rotatable bonds is 8. The Hall–Kier alpha value is -3.36. The molecule has 0 radical (unpaired) electrons. The summed E-state index contributed by atoms with van der Waals surface area (Å²) in [5, 5.41) is 10.5. The summed E-state index contributed by atoms with van der Waals surface area (Å²) in [4.78, 5) is 48.6. The van der Waals surface area contributed by atoms with Gasteiger partial charge in [-0.15, -0.1) is 11.8 Å². The molecule has 4 heterocycles. The van der Waals surface area contributed by atoms with Gasteiger partial charge >= 0.3 is 0 Å². The van der Waals surface area contributed by atoms with Gasteiger partial charge in [0.25, 0.3) is 0 Å². The summed E-state index contributed by atoms with van der Waals surface area (Å²) in [5.41, 5.74) is 1.99. The van der Waals surface area contributed by atoms with Crippen LogP contribution in [0.25, 0.3) is 0 Å². The highest BCUT2D eigenvalue weighted by molar-refractivity contribution is 8.02. The molecular weight excluding hydrogens is 534 g/mol. The van der Waals surface area contributed by atoms with Crippen molar-refractivity contribution in [1.82, 2.24) is 14.7 Å². The van der Waals surface area contributed by atoms with Crippen LogP contribution in [0.2, 0.25) is 0 Å². The molecule has 41 heavy (non-hydrogen) atoms. The minimum atomic E-state index is -0.895. The third-order valence-electron chi connectivity index (χ3n) is 8.89. The predicted octanol–water partition coefficient (Wildman–Crippen LogP) is 3.29. The number of carbonyl (C=O) groups is 3. The van der Waals surface area contributed by atoms with Gasteiger partial charge in [0, 0.05) is 31.4 Å². The number of benzene rings is 2. The smallest absolute Gasteiger partial charge is 0.247 e. The highest BCUT2D eigenvalue weighted by atomic mass is 32.2. The molecule has 2 aromatic rings. The van der Waals surface area contributed by atoms with Crippen molar-refractivity contribution in [3.63, 3.8) is 0 Å². The van der Waals surface area contributed by atoms with Crippen LogP contribution in [0.4, 0.5) is 0 Å². The topological polar surface area (TPSA) is 81.2 Å². The molecule has 0 aliphatic carbocycles. The molecule has 2 saturated heterocycles. The van der Waals surface area contributed by atoms with Crippen molar-refractivity contribution in [2.75, 3.05) is 26.2 Å². The van der Waals surface area contributed by atoms with Crippen molar-refractivity contribution < 1.29 is 19.5 Å². The number of likely N-dealkylation sites (tertiary alicyclic amines) is 1. The van der Waals surface area contributed by atoms with Gasteiger partial charge in [0.05, 0.1) is 29.2 Å². The molecular formula is C33H37N3O4S. The van der Waals surface area contributed by atoms with Crippen molar-refractivity contribution >= 4 is 29.5 Å². The van der Waals surface area contributed by atoms with E-state index in [-0.39, 0.29) is 29.6 Å². The molecule has 214 valence electrons. The number of hydrogen-bond donors (Lipinski definition) is 1. The lowest BCUT2D eigenvalue weighted by atomic mass is 9.78. The van der Waals surface area contributed by atoms with Crippen LogP contribution in [0.1, 0.15) is 24.5 Å². The second-order valence-electron chi connectivity index (χ2n) is 11.4. The fourth-order valence-corrected chi connectivity index (χ4v) is 9.12. The van der Waals surface area contributed by atoms with Gasteiger partial charge in [0.2, 0.25) is 17.7 Å². The van der Waals surface area contributed by atoms with E-state index >= 15 is 0 Å². The number of aliphatic hydroxyl groups is 1. The first-order valence-corrected chi connectivity index (χ1v) is 15.5. The maximum Gasteiger partial charge on any atom is 0.247 e. The van der Waals surface area contributed by atoms with Gasteiger partial charge in [-0.2, -0.15) is 0 Å². The van der Waals surface area contributed by atoms with Gasteiger partial charge in [-0.3, -0.25) is 14.4 Å². The van der Waals surface area contributed by atoms with Gasteiger partial charge in [-0.25, -0.2) is 0 Å². The minimum Gasteiger partial charge on any atom is -0.394 e. The largest absolute Gasteiger partial charge is 0.394 e. The van der Waals surface area contributed by atoms with E-state index in [0.29, 0.717) is 32.6 Å². The Labute approximate surface area is 245 Å². The first-order chi connectivity index (χ1) is 20.0. The number of amides is 3. The maximum absolute atomic E-state index is 14.6. The number of fused-ring (bicyclic) bond motifs is 2. The number of carbonyl (C=O) groups excluding carboxylic acids is 3. The second-order valence-corrected chi connectivity index (χ2v) is 12.9. The molecule has 0 saturated carbocycles. The van der Waals surface area contributed by atoms with Gasteiger partial charge in [-0.1, -0.05) is 91.9 Å². The van der Waals surface area contributed by atoms with Crippen molar-refractivity contribution in [3.05, 3.63) is 96.1 Å². The molecule has 4 aliphatic heterocycles. The zero-order valence-electron chi connectivity index (χ0n) is 23.3. The molecule has 0 bridgehead atoms. The van der Waals surface area contributed by atoms with E-state index in [2.05, 4.69) is 6.08 Å². The first kappa shape index (κ1) is 27.8. The standard InChI is InChI=1S/C33H37N3O4S/c1-2-17-34-18-9-15-26-27(30(34)38)28-31(39)36(25(22-37)20-23-11-5-3-6-12-23)29-32(40)35(19-10-16-33(28,29)41-26)21-24-13-7-4-8-14-24/h3-16,25-29,37H,2,17-22H2,1H3/t25-,26+,27-,28+,29?,33+/m1/s1. The molecule has 4 aliphatic rings. The molecule has 2 fully saturated rings.